The monoisotopic (exact) mass is 551 g/mol. The number of nitrogens with zero attached hydrogens (tertiary/aromatic N) is 1. The van der Waals surface area contributed by atoms with E-state index >= 15 is 0 Å². The van der Waals surface area contributed by atoms with Crippen molar-refractivity contribution in [2.75, 3.05) is 0 Å². The summed E-state index contributed by atoms with van der Waals surface area (Å²) in [6, 6.07) is 50.7. The van der Waals surface area contributed by atoms with Crippen LogP contribution in [0.4, 0.5) is 0 Å². The van der Waals surface area contributed by atoms with Crippen LogP contribution in [0.5, 0.6) is 11.5 Å². The molecule has 1 aromatic heterocycles. The van der Waals surface area contributed by atoms with Gasteiger partial charge in [-0.1, -0.05) is 98.8 Å². The molecule has 0 unspecified atom stereocenters. The van der Waals surface area contributed by atoms with Gasteiger partial charge in [-0.25, -0.2) is 0 Å². The summed E-state index contributed by atoms with van der Waals surface area (Å²) in [5.74, 6) is 1.89. The maximum atomic E-state index is 6.31. The summed E-state index contributed by atoms with van der Waals surface area (Å²) < 4.78 is 8.74. The number of aromatic nitrogens is 1. The van der Waals surface area contributed by atoms with E-state index in [1.165, 1.54) is 65.6 Å². The molecule has 0 spiro atoms. The van der Waals surface area contributed by atoms with Gasteiger partial charge < -0.3 is 9.30 Å². The van der Waals surface area contributed by atoms with Crippen molar-refractivity contribution in [3.05, 3.63) is 151 Å². The first kappa shape index (κ1) is 24.3. The maximum Gasteiger partial charge on any atom is 0.131 e. The lowest BCUT2D eigenvalue weighted by Gasteiger charge is -2.34. The van der Waals surface area contributed by atoms with E-state index in [0.717, 1.165) is 17.2 Å². The molecule has 0 N–H and O–H groups in total. The van der Waals surface area contributed by atoms with Crippen molar-refractivity contribution >= 4 is 43.4 Å². The number of rotatable bonds is 2. The van der Waals surface area contributed by atoms with E-state index in [0.29, 0.717) is 0 Å². The molecule has 0 radical (unpaired) electrons. The summed E-state index contributed by atoms with van der Waals surface area (Å²) in [6.45, 7) is 4.57. The lowest BCUT2D eigenvalue weighted by Crippen LogP contribution is -2.24. The van der Waals surface area contributed by atoms with Gasteiger partial charge in [0.15, 0.2) is 0 Å². The smallest absolute Gasteiger partial charge is 0.131 e. The molecule has 2 heterocycles. The van der Waals surface area contributed by atoms with Crippen LogP contribution < -0.4 is 4.74 Å². The largest absolute Gasteiger partial charge is 0.457 e. The molecule has 0 saturated heterocycles. The van der Waals surface area contributed by atoms with Crippen LogP contribution in [-0.2, 0) is 5.41 Å². The molecule has 204 valence electrons. The molecule has 1 aliphatic heterocycles. The van der Waals surface area contributed by atoms with E-state index in [9.17, 15) is 0 Å². The van der Waals surface area contributed by atoms with Crippen LogP contribution in [0.1, 0.15) is 25.0 Å². The Bertz CT molecular complexity index is 2300. The van der Waals surface area contributed by atoms with Gasteiger partial charge in [-0.3, -0.25) is 0 Å². The summed E-state index contributed by atoms with van der Waals surface area (Å²) in [4.78, 5) is 0. The lowest BCUT2D eigenvalue weighted by atomic mass is 9.75. The Morgan fingerprint density at radius 3 is 1.60 bits per heavy atom. The van der Waals surface area contributed by atoms with Gasteiger partial charge >= 0.3 is 0 Å². The van der Waals surface area contributed by atoms with E-state index in [4.69, 9.17) is 4.74 Å². The van der Waals surface area contributed by atoms with Gasteiger partial charge in [0.1, 0.15) is 11.5 Å². The van der Waals surface area contributed by atoms with Crippen molar-refractivity contribution in [3.8, 4) is 28.3 Å². The van der Waals surface area contributed by atoms with Crippen molar-refractivity contribution in [3.63, 3.8) is 0 Å². The number of para-hydroxylation sites is 1. The van der Waals surface area contributed by atoms with E-state index in [-0.39, 0.29) is 5.41 Å². The molecular formula is C41H29NO. The maximum absolute atomic E-state index is 6.31. The summed E-state index contributed by atoms with van der Waals surface area (Å²) in [6.07, 6.45) is 0. The van der Waals surface area contributed by atoms with E-state index < -0.39 is 0 Å². The predicted molar refractivity (Wildman–Crippen MR) is 180 cm³/mol. The van der Waals surface area contributed by atoms with Gasteiger partial charge in [0.2, 0.25) is 0 Å². The average Bonchev–Trinajstić information content (AvgIpc) is 3.34. The quantitative estimate of drug-likeness (QED) is 0.208. The fraction of sp³-hybridized carbons (Fsp3) is 0.0732. The molecular weight excluding hydrogens is 522 g/mol. The Morgan fingerprint density at radius 1 is 0.465 bits per heavy atom. The zero-order valence-corrected chi connectivity index (χ0v) is 24.1. The summed E-state index contributed by atoms with van der Waals surface area (Å²) in [5.41, 5.74) is 8.29. The number of ether oxygens (including phenoxy) is 1. The molecule has 2 nitrogen and oxygen atoms in total. The molecule has 9 rings (SSSR count). The summed E-state index contributed by atoms with van der Waals surface area (Å²) in [5, 5.41) is 7.59. The number of hydrogen-bond donors (Lipinski definition) is 0. The van der Waals surface area contributed by atoms with Gasteiger partial charge in [-0.15, -0.1) is 0 Å². The fourth-order valence-corrected chi connectivity index (χ4v) is 7.09. The van der Waals surface area contributed by atoms with E-state index in [1.807, 2.05) is 6.07 Å². The fourth-order valence-electron chi connectivity index (χ4n) is 7.09. The SMILES string of the molecule is CC1(C)c2ccccc2Oc2ccc(-c3ccc(-n4c5cc6ccccc6cc5c5cc6ccccc6cc54)cc3)cc21. The molecule has 8 aromatic rings. The van der Waals surface area contributed by atoms with Crippen LogP contribution in [0.3, 0.4) is 0 Å². The van der Waals surface area contributed by atoms with Crippen molar-refractivity contribution in [1.29, 1.82) is 0 Å². The first-order chi connectivity index (χ1) is 21.0. The van der Waals surface area contributed by atoms with Crippen LogP contribution in [0, 0.1) is 0 Å². The third-order valence-electron chi connectivity index (χ3n) is 9.39. The Morgan fingerprint density at radius 2 is 0.977 bits per heavy atom. The van der Waals surface area contributed by atoms with Crippen LogP contribution >= 0.6 is 0 Å². The molecule has 43 heavy (non-hydrogen) atoms. The molecule has 0 amide bonds. The molecule has 1 aliphatic rings. The van der Waals surface area contributed by atoms with Crippen LogP contribution in [0.2, 0.25) is 0 Å². The number of benzene rings is 7. The molecule has 0 atom stereocenters. The van der Waals surface area contributed by atoms with Gasteiger partial charge in [0.25, 0.3) is 0 Å². The van der Waals surface area contributed by atoms with Gasteiger partial charge in [0, 0.05) is 33.0 Å². The van der Waals surface area contributed by atoms with Crippen molar-refractivity contribution in [1.82, 2.24) is 4.57 Å². The van der Waals surface area contributed by atoms with E-state index in [2.05, 4.69) is 152 Å². The van der Waals surface area contributed by atoms with Crippen LogP contribution in [-0.4, -0.2) is 4.57 Å². The first-order valence-electron chi connectivity index (χ1n) is 14.9. The summed E-state index contributed by atoms with van der Waals surface area (Å²) in [7, 11) is 0. The van der Waals surface area contributed by atoms with Crippen LogP contribution in [0.25, 0.3) is 60.2 Å². The second kappa shape index (κ2) is 8.83. The zero-order valence-electron chi connectivity index (χ0n) is 24.1. The summed E-state index contributed by atoms with van der Waals surface area (Å²) >= 11 is 0. The minimum atomic E-state index is -0.144. The van der Waals surface area contributed by atoms with Gasteiger partial charge in [-0.05, 0) is 87.3 Å². The first-order valence-corrected chi connectivity index (χ1v) is 14.9. The Labute approximate surface area is 250 Å². The lowest BCUT2D eigenvalue weighted by molar-refractivity contribution is 0.418. The Kier molecular flexibility index (Phi) is 4.99. The zero-order chi connectivity index (χ0) is 28.7. The van der Waals surface area contributed by atoms with Gasteiger partial charge in [0.05, 0.1) is 11.0 Å². The van der Waals surface area contributed by atoms with Crippen molar-refractivity contribution < 1.29 is 4.74 Å². The number of hydrogen-bond acceptors (Lipinski definition) is 1. The molecule has 0 aliphatic carbocycles. The predicted octanol–water partition coefficient (Wildman–Crippen LogP) is 11.2. The highest BCUT2D eigenvalue weighted by Gasteiger charge is 2.34. The molecule has 7 aromatic carbocycles. The Balaban J connectivity index is 1.20. The average molecular weight is 552 g/mol. The Hall–Kier alpha value is -5.34. The minimum absolute atomic E-state index is 0.144. The highest BCUT2D eigenvalue weighted by molar-refractivity contribution is 6.16. The highest BCUT2D eigenvalue weighted by Crippen LogP contribution is 2.48. The highest BCUT2D eigenvalue weighted by atomic mass is 16.5. The minimum Gasteiger partial charge on any atom is -0.457 e. The molecule has 0 fully saturated rings. The van der Waals surface area contributed by atoms with Gasteiger partial charge in [-0.2, -0.15) is 0 Å². The molecule has 0 saturated carbocycles. The normalized spacial score (nSPS) is 13.7. The topological polar surface area (TPSA) is 14.2 Å². The molecule has 2 heteroatoms. The standard InChI is InChI=1S/C41H29NO/c1-41(2)35-13-7-8-14-39(35)43-40-20-17-31(23-36(40)41)26-15-18-32(19-16-26)42-37-24-29-11-5-3-9-27(29)21-33(37)34-22-28-10-4-6-12-30(28)25-38(34)42/h3-25H,1-2H3. The number of fused-ring (bicyclic) bond motifs is 7. The van der Waals surface area contributed by atoms with Crippen molar-refractivity contribution in [2.45, 2.75) is 19.3 Å². The third kappa shape index (κ3) is 3.60. The van der Waals surface area contributed by atoms with E-state index in [1.54, 1.807) is 0 Å². The third-order valence-corrected chi connectivity index (χ3v) is 9.39. The second-order valence-electron chi connectivity index (χ2n) is 12.2. The van der Waals surface area contributed by atoms with Crippen LogP contribution in [0.15, 0.2) is 140 Å². The van der Waals surface area contributed by atoms with Crippen molar-refractivity contribution in [2.24, 2.45) is 0 Å². The second-order valence-corrected chi connectivity index (χ2v) is 12.2. The molecule has 0 bridgehead atoms.